The lowest BCUT2D eigenvalue weighted by Crippen LogP contribution is -2.42. The molecule has 2 saturated carbocycles. The molecule has 3 aliphatic rings. The van der Waals surface area contributed by atoms with Crippen LogP contribution in [0.25, 0.3) is 16.9 Å². The highest BCUT2D eigenvalue weighted by Gasteiger charge is 2.47. The summed E-state index contributed by atoms with van der Waals surface area (Å²) >= 11 is 6.35. The molecule has 9 nitrogen and oxygen atoms in total. The van der Waals surface area contributed by atoms with Crippen LogP contribution in [0.15, 0.2) is 42.7 Å². The Hall–Kier alpha value is -3.49. The van der Waals surface area contributed by atoms with Gasteiger partial charge in [0.15, 0.2) is 15.7 Å². The number of aromatic nitrogens is 3. The summed E-state index contributed by atoms with van der Waals surface area (Å²) in [5.74, 6) is -0.663. The minimum absolute atomic E-state index is 0.114. The quantitative estimate of drug-likeness (QED) is 0.447. The molecule has 12 heteroatoms. The summed E-state index contributed by atoms with van der Waals surface area (Å²) in [5, 5.41) is 17.5. The maximum Gasteiger partial charge on any atom is 0.225 e. The topological polar surface area (TPSA) is 121 Å². The summed E-state index contributed by atoms with van der Waals surface area (Å²) < 4.78 is 39.0. The lowest BCUT2D eigenvalue weighted by atomic mass is 9.75. The Labute approximate surface area is 243 Å². The second-order valence-electron chi connectivity index (χ2n) is 11.2. The van der Waals surface area contributed by atoms with Crippen molar-refractivity contribution in [2.24, 2.45) is 5.92 Å². The van der Waals surface area contributed by atoms with Gasteiger partial charge >= 0.3 is 0 Å². The van der Waals surface area contributed by atoms with Gasteiger partial charge in [-0.1, -0.05) is 36.6 Å². The predicted molar refractivity (Wildman–Crippen MR) is 153 cm³/mol. The van der Waals surface area contributed by atoms with E-state index in [1.54, 1.807) is 0 Å². The van der Waals surface area contributed by atoms with Crippen LogP contribution in [0.1, 0.15) is 50.1 Å². The molecule has 3 fully saturated rings. The highest BCUT2D eigenvalue weighted by Crippen LogP contribution is 2.43. The minimum Gasteiger partial charge on any atom is -0.369 e. The van der Waals surface area contributed by atoms with Crippen LogP contribution in [0, 0.1) is 23.1 Å². The number of hydrogen-bond donors (Lipinski definition) is 1. The highest BCUT2D eigenvalue weighted by atomic mass is 35.5. The zero-order valence-electron chi connectivity index (χ0n) is 22.4. The first kappa shape index (κ1) is 27.7. The van der Waals surface area contributed by atoms with Crippen LogP contribution in [-0.4, -0.2) is 59.2 Å². The molecule has 1 saturated heterocycles. The number of halogens is 2. The number of benzene rings is 1. The molecule has 1 aromatic carbocycles. The second-order valence-corrected chi connectivity index (χ2v) is 13.9. The number of rotatable bonds is 6. The zero-order chi connectivity index (χ0) is 28.8. The molecular weight excluding hydrogens is 567 g/mol. The van der Waals surface area contributed by atoms with Gasteiger partial charge in [-0.05, 0) is 49.4 Å². The molecule has 2 aromatic heterocycles. The highest BCUT2D eigenvalue weighted by molar-refractivity contribution is 7.91. The maximum absolute atomic E-state index is 13.8. The number of hydrogen-bond acceptors (Lipinski definition) is 7. The molecule has 3 heterocycles. The van der Waals surface area contributed by atoms with E-state index >= 15 is 0 Å². The first-order chi connectivity index (χ1) is 19.7. The summed E-state index contributed by atoms with van der Waals surface area (Å²) in [5.41, 5.74) is 2.59. The van der Waals surface area contributed by atoms with Gasteiger partial charge in [0.05, 0.1) is 34.5 Å². The van der Waals surface area contributed by atoms with Crippen molar-refractivity contribution in [2.75, 3.05) is 29.5 Å². The van der Waals surface area contributed by atoms with E-state index < -0.39 is 21.2 Å². The second kappa shape index (κ2) is 10.7. The number of nitriles is 1. The van der Waals surface area contributed by atoms with Crippen LogP contribution in [0.3, 0.4) is 0 Å². The van der Waals surface area contributed by atoms with E-state index in [2.05, 4.69) is 21.3 Å². The van der Waals surface area contributed by atoms with Gasteiger partial charge in [0.1, 0.15) is 11.4 Å². The Balaban J connectivity index is 1.37. The van der Waals surface area contributed by atoms with Gasteiger partial charge in [-0.3, -0.25) is 4.79 Å². The number of amides is 1. The summed E-state index contributed by atoms with van der Waals surface area (Å²) in [6.45, 7) is 0.894. The van der Waals surface area contributed by atoms with E-state index in [-0.39, 0.29) is 40.1 Å². The number of carbonyl (C=O) groups excluding carboxylic acids is 1. The predicted octanol–water partition coefficient (Wildman–Crippen LogP) is 4.41. The Bertz CT molecular complexity index is 1620. The van der Waals surface area contributed by atoms with E-state index in [0.717, 1.165) is 48.0 Å². The summed E-state index contributed by atoms with van der Waals surface area (Å²) in [4.78, 5) is 19.7. The summed E-state index contributed by atoms with van der Waals surface area (Å²) in [6.07, 6.45) is 7.53. The minimum atomic E-state index is -2.99. The van der Waals surface area contributed by atoms with Crippen molar-refractivity contribution in [3.8, 4) is 23.0 Å². The Morgan fingerprint density at radius 3 is 2.51 bits per heavy atom. The molecule has 1 aliphatic heterocycles. The lowest BCUT2D eigenvalue weighted by Gasteiger charge is -2.31. The van der Waals surface area contributed by atoms with E-state index in [1.165, 1.54) is 10.7 Å². The van der Waals surface area contributed by atoms with E-state index in [0.29, 0.717) is 32.4 Å². The van der Waals surface area contributed by atoms with Gasteiger partial charge in [-0.15, -0.1) is 0 Å². The van der Waals surface area contributed by atoms with Gasteiger partial charge < -0.3 is 10.2 Å². The van der Waals surface area contributed by atoms with E-state index in [4.69, 9.17) is 16.7 Å². The Morgan fingerprint density at radius 2 is 1.85 bits per heavy atom. The van der Waals surface area contributed by atoms with Gasteiger partial charge in [-0.2, -0.15) is 10.4 Å². The average molecular weight is 597 g/mol. The molecule has 214 valence electrons. The third-order valence-electron chi connectivity index (χ3n) is 8.42. The van der Waals surface area contributed by atoms with Crippen LogP contribution in [0.2, 0.25) is 5.02 Å². The maximum atomic E-state index is 13.8. The molecule has 1 N–H and O–H groups in total. The number of anilines is 1. The normalized spacial score (nSPS) is 23.0. The van der Waals surface area contributed by atoms with Gasteiger partial charge in [0, 0.05) is 42.4 Å². The average Bonchev–Trinajstić information content (AvgIpc) is 3.60. The van der Waals surface area contributed by atoms with Crippen LogP contribution >= 0.6 is 11.6 Å². The Kier molecular flexibility index (Phi) is 7.24. The third kappa shape index (κ3) is 5.68. The van der Waals surface area contributed by atoms with Crippen molar-refractivity contribution < 1.29 is 17.6 Å². The van der Waals surface area contributed by atoms with Gasteiger partial charge in [-0.25, -0.2) is 22.5 Å². The molecular formula is C29H30ClFN6O3S. The van der Waals surface area contributed by atoms with Crippen LogP contribution < -0.4 is 10.2 Å². The van der Waals surface area contributed by atoms with Crippen molar-refractivity contribution in [1.82, 2.24) is 20.1 Å². The summed E-state index contributed by atoms with van der Waals surface area (Å²) in [7, 11) is -2.99. The first-order valence-electron chi connectivity index (χ1n) is 13.9. The van der Waals surface area contributed by atoms with Gasteiger partial charge in [0.2, 0.25) is 5.91 Å². The number of nitrogens with one attached hydrogen (secondary N) is 1. The van der Waals surface area contributed by atoms with Crippen molar-refractivity contribution >= 4 is 33.0 Å². The van der Waals surface area contributed by atoms with Crippen molar-refractivity contribution in [3.63, 3.8) is 0 Å². The largest absolute Gasteiger partial charge is 0.369 e. The molecule has 2 aliphatic carbocycles. The number of sulfone groups is 1. The van der Waals surface area contributed by atoms with Gasteiger partial charge in [0.25, 0.3) is 0 Å². The fourth-order valence-electron chi connectivity index (χ4n) is 5.88. The number of nitrogens with zero attached hydrogens (tertiary/aromatic N) is 5. The number of pyridine rings is 1. The molecule has 2 unspecified atom stereocenters. The molecule has 0 radical (unpaired) electrons. The van der Waals surface area contributed by atoms with Crippen LogP contribution in [0.4, 0.5) is 10.1 Å². The molecule has 0 spiro atoms. The van der Waals surface area contributed by atoms with E-state index in [9.17, 15) is 22.9 Å². The molecule has 2 atom stereocenters. The lowest BCUT2D eigenvalue weighted by molar-refractivity contribution is -0.127. The summed E-state index contributed by atoms with van der Waals surface area (Å²) in [6, 6.07) is 11.3. The van der Waals surface area contributed by atoms with Crippen molar-refractivity contribution in [1.29, 1.82) is 5.26 Å². The van der Waals surface area contributed by atoms with Crippen molar-refractivity contribution in [2.45, 2.75) is 50.0 Å². The fourth-order valence-corrected chi connectivity index (χ4v) is 7.32. The zero-order valence-corrected chi connectivity index (χ0v) is 24.0. The van der Waals surface area contributed by atoms with Crippen LogP contribution in [-0.2, 0) is 14.6 Å². The smallest absolute Gasteiger partial charge is 0.225 e. The monoisotopic (exact) mass is 596 g/mol. The standard InChI is InChI=1S/C29H30ClFN6O3S/c30-25-15-20(31)16-33-27(25)37-17-24(19-5-7-21(8-6-19)36-11-13-41(39,40)14-12-36)26(35-37)22-3-1-2-4-23(22)28(38)34-29(18-32)9-10-29/h5-8,15-17,22-23H,1-4,9-14H2,(H,34,38). The molecule has 41 heavy (non-hydrogen) atoms. The van der Waals surface area contributed by atoms with Crippen LogP contribution in [0.5, 0.6) is 0 Å². The molecule has 3 aromatic rings. The molecule has 6 rings (SSSR count). The van der Waals surface area contributed by atoms with E-state index in [1.807, 2.05) is 30.5 Å². The first-order valence-corrected chi connectivity index (χ1v) is 16.1. The molecule has 1 amide bonds. The molecule has 0 bridgehead atoms. The third-order valence-corrected chi connectivity index (χ3v) is 10.3. The fraction of sp³-hybridized carbons (Fsp3) is 0.448. The Morgan fingerprint density at radius 1 is 1.15 bits per heavy atom. The van der Waals surface area contributed by atoms with Crippen molar-refractivity contribution in [3.05, 3.63) is 59.3 Å². The number of carbonyl (C=O) groups is 1. The SMILES string of the molecule is N#CC1(NC(=O)C2CCCCC2c2nn(-c3ncc(F)cc3Cl)cc2-c2ccc(N3CCS(=O)(=O)CC3)cc2)CC1.